The smallest absolute Gasteiger partial charge is 0.178 e. The number of hydrogen-bond donors (Lipinski definition) is 0. The lowest BCUT2D eigenvalue weighted by molar-refractivity contribution is -0.108. The minimum Gasteiger partial charge on any atom is -0.497 e. The number of aromatic nitrogens is 3. The number of aldehydes is 1. The third-order valence-corrected chi connectivity index (χ3v) is 7.22. The number of halogens is 1. The van der Waals surface area contributed by atoms with Crippen LogP contribution in [0.2, 0.25) is 5.02 Å². The fourth-order valence-electron chi connectivity index (χ4n) is 3.97. The Morgan fingerprint density at radius 3 is 2.62 bits per heavy atom. The molecular formula is C25H19ClN4O3S. The fraction of sp³-hybridized carbons (Fsp3) is 0.160. The van der Waals surface area contributed by atoms with E-state index < -0.39 is 5.92 Å². The van der Waals surface area contributed by atoms with Crippen LogP contribution in [0.5, 0.6) is 5.75 Å². The van der Waals surface area contributed by atoms with Crippen molar-refractivity contribution in [2.24, 2.45) is 4.99 Å². The molecule has 1 aliphatic heterocycles. The number of carbonyl (C=O) groups is 2. The fourth-order valence-corrected chi connectivity index (χ4v) is 5.48. The number of aliphatic imine (C=N–C) groups is 1. The maximum atomic E-state index is 13.3. The number of methoxy groups -OCH3 is 1. The number of hydrogen-bond acceptors (Lipinski definition) is 7. The van der Waals surface area contributed by atoms with Gasteiger partial charge >= 0.3 is 0 Å². The van der Waals surface area contributed by atoms with Crippen LogP contribution in [0.4, 0.5) is 0 Å². The van der Waals surface area contributed by atoms with Gasteiger partial charge in [0.25, 0.3) is 0 Å². The van der Waals surface area contributed by atoms with Crippen molar-refractivity contribution in [3.8, 4) is 10.8 Å². The molecule has 0 saturated heterocycles. The van der Waals surface area contributed by atoms with Gasteiger partial charge < -0.3 is 9.53 Å². The Labute approximate surface area is 204 Å². The van der Waals surface area contributed by atoms with E-state index in [-0.39, 0.29) is 5.78 Å². The number of rotatable bonds is 6. The Morgan fingerprint density at radius 2 is 1.91 bits per heavy atom. The van der Waals surface area contributed by atoms with Crippen LogP contribution >= 0.6 is 22.9 Å². The third-order valence-electron chi connectivity index (χ3n) is 5.69. The molecule has 2 aromatic carbocycles. The van der Waals surface area contributed by atoms with E-state index in [0.29, 0.717) is 51.4 Å². The second-order valence-corrected chi connectivity index (χ2v) is 9.19. The summed E-state index contributed by atoms with van der Waals surface area (Å²) in [4.78, 5) is 30.9. The van der Waals surface area contributed by atoms with E-state index in [1.165, 1.54) is 11.3 Å². The molecule has 0 aliphatic carbocycles. The SMILES string of the molecule is COc1ccc(C(=O)C(C=O)c2cc3c(s2)-n2c(C)nnc2CN=C3c2ccccc2Cl)cc1. The first kappa shape index (κ1) is 22.2. The average Bonchev–Trinajstić information content (AvgIpc) is 3.40. The highest BCUT2D eigenvalue weighted by atomic mass is 35.5. The molecule has 4 aromatic rings. The number of nitrogens with zero attached hydrogens (tertiary/aromatic N) is 4. The normalized spacial score (nSPS) is 13.3. The van der Waals surface area contributed by atoms with E-state index in [1.54, 1.807) is 31.4 Å². The van der Waals surface area contributed by atoms with Gasteiger partial charge in [0.2, 0.25) is 0 Å². The molecule has 5 rings (SSSR count). The van der Waals surface area contributed by atoms with Crippen molar-refractivity contribution in [2.75, 3.05) is 7.11 Å². The Hall–Kier alpha value is -3.62. The Balaban J connectivity index is 1.64. The van der Waals surface area contributed by atoms with Crippen LogP contribution in [-0.2, 0) is 11.3 Å². The highest BCUT2D eigenvalue weighted by Gasteiger charge is 2.30. The van der Waals surface area contributed by atoms with Crippen molar-refractivity contribution >= 4 is 40.7 Å². The van der Waals surface area contributed by atoms with Gasteiger partial charge in [0.15, 0.2) is 11.6 Å². The maximum absolute atomic E-state index is 13.3. The van der Waals surface area contributed by atoms with E-state index in [2.05, 4.69) is 10.2 Å². The molecule has 7 nitrogen and oxygen atoms in total. The number of Topliss-reactive ketones (excluding diaryl/α,β-unsaturated/α-hetero) is 1. The molecule has 1 atom stereocenters. The summed E-state index contributed by atoms with van der Waals surface area (Å²) in [6.07, 6.45) is 0.684. The lowest BCUT2D eigenvalue weighted by atomic mass is 9.96. The van der Waals surface area contributed by atoms with Crippen molar-refractivity contribution in [3.63, 3.8) is 0 Å². The van der Waals surface area contributed by atoms with Gasteiger partial charge in [-0.05, 0) is 43.3 Å². The summed E-state index contributed by atoms with van der Waals surface area (Å²) in [5.41, 5.74) is 2.68. The number of fused-ring (bicyclic) bond motifs is 3. The van der Waals surface area contributed by atoms with E-state index in [0.717, 1.165) is 16.1 Å². The average molecular weight is 491 g/mol. The van der Waals surface area contributed by atoms with E-state index in [1.807, 2.05) is 41.8 Å². The summed E-state index contributed by atoms with van der Waals surface area (Å²) in [6.45, 7) is 2.19. The topological polar surface area (TPSA) is 86.4 Å². The van der Waals surface area contributed by atoms with Crippen molar-refractivity contribution in [2.45, 2.75) is 19.4 Å². The molecule has 0 fully saturated rings. The Kier molecular flexibility index (Phi) is 5.85. The Bertz CT molecular complexity index is 1440. The summed E-state index contributed by atoms with van der Waals surface area (Å²) >= 11 is 7.87. The quantitative estimate of drug-likeness (QED) is 0.220. The molecule has 3 heterocycles. The number of aryl methyl sites for hydroxylation is 1. The number of carbonyl (C=O) groups excluding carboxylic acids is 2. The second-order valence-electron chi connectivity index (χ2n) is 7.72. The minimum atomic E-state index is -0.960. The minimum absolute atomic E-state index is 0.286. The van der Waals surface area contributed by atoms with Gasteiger partial charge in [-0.3, -0.25) is 14.4 Å². The molecule has 0 amide bonds. The van der Waals surface area contributed by atoms with Gasteiger partial charge in [0, 0.05) is 26.6 Å². The first-order valence-corrected chi connectivity index (χ1v) is 11.7. The number of thiophene rings is 1. The monoisotopic (exact) mass is 490 g/mol. The number of ketones is 1. The predicted molar refractivity (Wildman–Crippen MR) is 131 cm³/mol. The molecule has 0 bridgehead atoms. The maximum Gasteiger partial charge on any atom is 0.178 e. The van der Waals surface area contributed by atoms with Gasteiger partial charge in [-0.25, -0.2) is 0 Å². The van der Waals surface area contributed by atoms with E-state index in [4.69, 9.17) is 21.3 Å². The highest BCUT2D eigenvalue weighted by molar-refractivity contribution is 7.15. The summed E-state index contributed by atoms with van der Waals surface area (Å²) in [7, 11) is 1.56. The van der Waals surface area contributed by atoms with Crippen LogP contribution < -0.4 is 4.74 Å². The first-order chi connectivity index (χ1) is 16.5. The molecule has 1 aliphatic rings. The lowest BCUT2D eigenvalue weighted by Crippen LogP contribution is -2.13. The molecule has 34 heavy (non-hydrogen) atoms. The van der Waals surface area contributed by atoms with Gasteiger partial charge in [-0.2, -0.15) is 0 Å². The lowest BCUT2D eigenvalue weighted by Gasteiger charge is -2.09. The highest BCUT2D eigenvalue weighted by Crippen LogP contribution is 2.37. The van der Waals surface area contributed by atoms with Crippen molar-refractivity contribution in [1.82, 2.24) is 14.8 Å². The zero-order valence-corrected chi connectivity index (χ0v) is 19.9. The largest absolute Gasteiger partial charge is 0.497 e. The summed E-state index contributed by atoms with van der Waals surface area (Å²) in [5.74, 6) is 0.769. The molecule has 0 spiro atoms. The standard InChI is InChI=1S/C25H19ClN4O3S/c1-14-28-29-22-12-27-23(17-5-3-4-6-20(17)26)18-11-21(34-25(18)30(14)22)19(13-31)24(32)15-7-9-16(33-2)10-8-15/h3-11,13,19H,12H2,1-2H3. The predicted octanol–water partition coefficient (Wildman–Crippen LogP) is 4.82. The number of benzene rings is 2. The van der Waals surface area contributed by atoms with Gasteiger partial charge in [-0.1, -0.05) is 29.8 Å². The van der Waals surface area contributed by atoms with Crippen LogP contribution in [0.15, 0.2) is 59.6 Å². The van der Waals surface area contributed by atoms with Crippen LogP contribution in [-0.4, -0.2) is 39.7 Å². The molecule has 0 radical (unpaired) electrons. The second kappa shape index (κ2) is 8.96. The molecular weight excluding hydrogens is 472 g/mol. The van der Waals surface area contributed by atoms with Gasteiger partial charge in [0.05, 0.1) is 12.8 Å². The van der Waals surface area contributed by atoms with Gasteiger partial charge in [-0.15, -0.1) is 21.5 Å². The molecule has 0 N–H and O–H groups in total. The van der Waals surface area contributed by atoms with Crippen molar-refractivity contribution in [3.05, 3.63) is 92.8 Å². The molecule has 0 saturated carbocycles. The van der Waals surface area contributed by atoms with Crippen LogP contribution in [0.25, 0.3) is 5.00 Å². The van der Waals surface area contributed by atoms with E-state index in [9.17, 15) is 9.59 Å². The molecule has 9 heteroatoms. The molecule has 170 valence electrons. The summed E-state index contributed by atoms with van der Waals surface area (Å²) in [6, 6.07) is 16.1. The zero-order valence-electron chi connectivity index (χ0n) is 18.4. The van der Waals surface area contributed by atoms with Gasteiger partial charge in [0.1, 0.15) is 35.3 Å². The zero-order chi connectivity index (χ0) is 23.8. The Morgan fingerprint density at radius 1 is 1.15 bits per heavy atom. The van der Waals surface area contributed by atoms with E-state index >= 15 is 0 Å². The summed E-state index contributed by atoms with van der Waals surface area (Å²) in [5, 5.41) is 9.84. The van der Waals surface area contributed by atoms with Crippen LogP contribution in [0, 0.1) is 6.92 Å². The third kappa shape index (κ3) is 3.74. The van der Waals surface area contributed by atoms with Crippen molar-refractivity contribution < 1.29 is 14.3 Å². The molecule has 1 unspecified atom stereocenters. The van der Waals surface area contributed by atoms with Crippen LogP contribution in [0.1, 0.15) is 43.9 Å². The molecule has 2 aromatic heterocycles. The summed E-state index contributed by atoms with van der Waals surface area (Å²) < 4.78 is 7.10. The number of ether oxygens (including phenoxy) is 1. The first-order valence-electron chi connectivity index (χ1n) is 10.5. The van der Waals surface area contributed by atoms with Crippen LogP contribution in [0.3, 0.4) is 0 Å². The van der Waals surface area contributed by atoms with Crippen molar-refractivity contribution in [1.29, 1.82) is 0 Å².